The maximum atomic E-state index is 12.4. The van der Waals surface area contributed by atoms with Gasteiger partial charge in [-0.3, -0.25) is 9.59 Å². The molecule has 114 valence electrons. The molecule has 0 unspecified atom stereocenters. The number of morpholine rings is 1. The van der Waals surface area contributed by atoms with Crippen LogP contribution in [0.3, 0.4) is 0 Å². The third-order valence-electron chi connectivity index (χ3n) is 4.18. The highest BCUT2D eigenvalue weighted by Gasteiger charge is 2.29. The first kappa shape index (κ1) is 15.3. The average molecular weight is 282 g/mol. The molecule has 0 saturated carbocycles. The molecule has 0 spiro atoms. The molecule has 2 aliphatic heterocycles. The maximum absolute atomic E-state index is 12.4. The van der Waals surface area contributed by atoms with Crippen LogP contribution in [0.1, 0.15) is 46.0 Å². The second-order valence-electron chi connectivity index (χ2n) is 6.02. The minimum Gasteiger partial charge on any atom is -0.375 e. The summed E-state index contributed by atoms with van der Waals surface area (Å²) >= 11 is 0. The lowest BCUT2D eigenvalue weighted by atomic mass is 10.1. The van der Waals surface area contributed by atoms with E-state index in [4.69, 9.17) is 4.74 Å². The second-order valence-corrected chi connectivity index (χ2v) is 6.02. The third kappa shape index (κ3) is 3.95. The lowest BCUT2D eigenvalue weighted by molar-refractivity contribution is -0.148. The molecule has 2 aliphatic rings. The first-order valence-electron chi connectivity index (χ1n) is 7.77. The topological polar surface area (TPSA) is 49.9 Å². The number of ether oxygens (including phenoxy) is 1. The van der Waals surface area contributed by atoms with Gasteiger partial charge < -0.3 is 14.5 Å². The van der Waals surface area contributed by atoms with Gasteiger partial charge in [-0.2, -0.15) is 0 Å². The molecule has 2 amide bonds. The van der Waals surface area contributed by atoms with Gasteiger partial charge in [-0.25, -0.2) is 0 Å². The molecule has 2 heterocycles. The van der Waals surface area contributed by atoms with Crippen LogP contribution < -0.4 is 0 Å². The highest BCUT2D eigenvalue weighted by Crippen LogP contribution is 2.15. The van der Waals surface area contributed by atoms with Gasteiger partial charge in [0.2, 0.25) is 11.8 Å². The standard InChI is InChI=1S/C15H26N2O3/c1-12-11-20-13(2)9-17(12)15(19)10-16-8-6-4-3-5-7-14(16)18/h12-13H,3-11H2,1-2H3/t12-,13+/m1/s1. The van der Waals surface area contributed by atoms with Crippen LogP contribution in [0, 0.1) is 0 Å². The van der Waals surface area contributed by atoms with Gasteiger partial charge in [-0.1, -0.05) is 12.8 Å². The molecule has 2 saturated heterocycles. The number of carbonyl (C=O) groups is 2. The molecule has 20 heavy (non-hydrogen) atoms. The van der Waals surface area contributed by atoms with E-state index in [0.29, 0.717) is 19.6 Å². The van der Waals surface area contributed by atoms with E-state index in [1.54, 1.807) is 4.90 Å². The molecular formula is C15H26N2O3. The Bertz CT molecular complexity index is 359. The van der Waals surface area contributed by atoms with Crippen molar-refractivity contribution >= 4 is 11.8 Å². The molecule has 5 nitrogen and oxygen atoms in total. The van der Waals surface area contributed by atoms with Crippen LogP contribution in [-0.4, -0.2) is 60.0 Å². The van der Waals surface area contributed by atoms with Crippen LogP contribution in [-0.2, 0) is 14.3 Å². The molecule has 0 radical (unpaired) electrons. The quantitative estimate of drug-likeness (QED) is 0.769. The number of likely N-dealkylation sites (tertiary alicyclic amines) is 1. The van der Waals surface area contributed by atoms with Crippen LogP contribution in [0.2, 0.25) is 0 Å². The lowest BCUT2D eigenvalue weighted by Crippen LogP contribution is -2.53. The van der Waals surface area contributed by atoms with Gasteiger partial charge in [0, 0.05) is 19.5 Å². The number of rotatable bonds is 2. The fourth-order valence-electron chi connectivity index (χ4n) is 2.89. The molecule has 0 N–H and O–H groups in total. The van der Waals surface area contributed by atoms with E-state index in [-0.39, 0.29) is 30.5 Å². The highest BCUT2D eigenvalue weighted by molar-refractivity contribution is 5.85. The van der Waals surface area contributed by atoms with Crippen molar-refractivity contribution in [3.8, 4) is 0 Å². The van der Waals surface area contributed by atoms with Gasteiger partial charge in [0.1, 0.15) is 0 Å². The third-order valence-corrected chi connectivity index (χ3v) is 4.18. The average Bonchev–Trinajstić information content (AvgIpc) is 2.41. The van der Waals surface area contributed by atoms with E-state index < -0.39 is 0 Å². The first-order chi connectivity index (χ1) is 9.58. The van der Waals surface area contributed by atoms with Crippen molar-refractivity contribution in [2.75, 3.05) is 26.2 Å². The lowest BCUT2D eigenvalue weighted by Gasteiger charge is -2.38. The monoisotopic (exact) mass is 282 g/mol. The van der Waals surface area contributed by atoms with E-state index in [1.165, 1.54) is 0 Å². The van der Waals surface area contributed by atoms with Crippen molar-refractivity contribution in [1.29, 1.82) is 0 Å². The molecule has 2 rings (SSSR count). The van der Waals surface area contributed by atoms with E-state index in [9.17, 15) is 9.59 Å². The SMILES string of the molecule is C[C@@H]1CO[C@@H](C)CN1C(=O)CN1CCCCCCC1=O. The maximum Gasteiger partial charge on any atom is 0.242 e. The van der Waals surface area contributed by atoms with Crippen LogP contribution in [0.25, 0.3) is 0 Å². The van der Waals surface area contributed by atoms with Gasteiger partial charge in [-0.15, -0.1) is 0 Å². The van der Waals surface area contributed by atoms with Crippen LogP contribution in [0.15, 0.2) is 0 Å². The summed E-state index contributed by atoms with van der Waals surface area (Å²) in [6.45, 7) is 6.14. The minimum absolute atomic E-state index is 0.0570. The fourth-order valence-corrected chi connectivity index (χ4v) is 2.89. The van der Waals surface area contributed by atoms with Crippen molar-refractivity contribution < 1.29 is 14.3 Å². The summed E-state index contributed by atoms with van der Waals surface area (Å²) in [5, 5.41) is 0. The van der Waals surface area contributed by atoms with Gasteiger partial charge in [0.25, 0.3) is 0 Å². The number of hydrogen-bond donors (Lipinski definition) is 0. The largest absolute Gasteiger partial charge is 0.375 e. The molecular weight excluding hydrogens is 256 g/mol. The zero-order valence-corrected chi connectivity index (χ0v) is 12.6. The summed E-state index contributed by atoms with van der Waals surface area (Å²) in [4.78, 5) is 28.1. The van der Waals surface area contributed by atoms with Crippen LogP contribution >= 0.6 is 0 Å². The van der Waals surface area contributed by atoms with Gasteiger partial charge in [-0.05, 0) is 26.7 Å². The Morgan fingerprint density at radius 2 is 2.00 bits per heavy atom. The summed E-state index contributed by atoms with van der Waals surface area (Å²) in [6, 6.07) is 0.101. The Labute approximate surface area is 121 Å². The predicted octanol–water partition coefficient (Wildman–Crippen LogP) is 1.41. The number of carbonyl (C=O) groups excluding carboxylic acids is 2. The Kier molecular flexibility index (Phi) is 5.40. The molecule has 0 aromatic rings. The summed E-state index contributed by atoms with van der Waals surface area (Å²) in [7, 11) is 0. The van der Waals surface area contributed by atoms with Crippen molar-refractivity contribution in [3.63, 3.8) is 0 Å². The molecule has 2 fully saturated rings. The van der Waals surface area contributed by atoms with Crippen LogP contribution in [0.4, 0.5) is 0 Å². The van der Waals surface area contributed by atoms with Crippen molar-refractivity contribution in [2.24, 2.45) is 0 Å². The minimum atomic E-state index is 0.0570. The zero-order chi connectivity index (χ0) is 14.5. The summed E-state index contributed by atoms with van der Waals surface area (Å²) in [6.07, 6.45) is 4.91. The second kappa shape index (κ2) is 7.07. The van der Waals surface area contributed by atoms with Gasteiger partial charge in [0.05, 0.1) is 25.3 Å². The normalized spacial score (nSPS) is 29.0. The van der Waals surface area contributed by atoms with Crippen LogP contribution in [0.5, 0.6) is 0 Å². The van der Waals surface area contributed by atoms with E-state index >= 15 is 0 Å². The molecule has 0 aromatic heterocycles. The smallest absolute Gasteiger partial charge is 0.242 e. The molecule has 5 heteroatoms. The van der Waals surface area contributed by atoms with Crippen molar-refractivity contribution in [3.05, 3.63) is 0 Å². The molecule has 0 aliphatic carbocycles. The number of amides is 2. The highest BCUT2D eigenvalue weighted by atomic mass is 16.5. The fraction of sp³-hybridized carbons (Fsp3) is 0.867. The van der Waals surface area contributed by atoms with Gasteiger partial charge >= 0.3 is 0 Å². The molecule has 2 atom stereocenters. The first-order valence-corrected chi connectivity index (χ1v) is 7.77. The molecule has 0 bridgehead atoms. The Hall–Kier alpha value is -1.10. The van der Waals surface area contributed by atoms with Gasteiger partial charge in [0.15, 0.2) is 0 Å². The van der Waals surface area contributed by atoms with E-state index in [0.717, 1.165) is 32.2 Å². The number of nitrogens with zero attached hydrogens (tertiary/aromatic N) is 2. The van der Waals surface area contributed by atoms with Crippen molar-refractivity contribution in [1.82, 2.24) is 9.80 Å². The Balaban J connectivity index is 1.92. The number of hydrogen-bond acceptors (Lipinski definition) is 3. The summed E-state index contributed by atoms with van der Waals surface area (Å²) < 4.78 is 5.54. The Morgan fingerprint density at radius 1 is 1.25 bits per heavy atom. The summed E-state index contributed by atoms with van der Waals surface area (Å²) in [5.41, 5.74) is 0. The van der Waals surface area contributed by atoms with E-state index in [2.05, 4.69) is 0 Å². The van der Waals surface area contributed by atoms with E-state index in [1.807, 2.05) is 18.7 Å². The molecule has 0 aromatic carbocycles. The van der Waals surface area contributed by atoms with Crippen molar-refractivity contribution in [2.45, 2.75) is 58.1 Å². The zero-order valence-electron chi connectivity index (χ0n) is 12.6. The predicted molar refractivity (Wildman–Crippen MR) is 76.3 cm³/mol. The summed E-state index contributed by atoms with van der Waals surface area (Å²) in [5.74, 6) is 0.189. The Morgan fingerprint density at radius 3 is 2.80 bits per heavy atom.